The molecule has 0 radical (unpaired) electrons. The number of carbonyl (C=O) groups is 1. The largest absolute Gasteiger partial charge is 0.493 e. The van der Waals surface area contributed by atoms with Crippen molar-refractivity contribution in [3.63, 3.8) is 0 Å². The summed E-state index contributed by atoms with van der Waals surface area (Å²) < 4.78 is 10.4. The molecule has 0 saturated heterocycles. The number of hydrogen-bond acceptors (Lipinski definition) is 4. The minimum atomic E-state index is -0.0152. The van der Waals surface area contributed by atoms with Crippen LogP contribution in [0.2, 0.25) is 0 Å². The molecular weight excluding hydrogens is 322 g/mol. The first-order valence-corrected chi connectivity index (χ1v) is 8.74. The number of aryl methyl sites for hydroxylation is 2. The predicted octanol–water partition coefficient (Wildman–Crippen LogP) is 4.44. The van der Waals surface area contributed by atoms with Gasteiger partial charge in [0.05, 0.1) is 14.2 Å². The first-order valence-electron chi connectivity index (χ1n) is 7.75. The van der Waals surface area contributed by atoms with Gasteiger partial charge in [0.25, 0.3) is 0 Å². The third-order valence-corrected chi connectivity index (χ3v) is 4.74. The Morgan fingerprint density at radius 3 is 2.42 bits per heavy atom. The van der Waals surface area contributed by atoms with E-state index in [0.29, 0.717) is 23.6 Å². The number of nitrogens with one attached hydrogen (secondary N) is 1. The van der Waals surface area contributed by atoms with Gasteiger partial charge in [-0.05, 0) is 49.2 Å². The van der Waals surface area contributed by atoms with Gasteiger partial charge in [0.2, 0.25) is 5.91 Å². The summed E-state index contributed by atoms with van der Waals surface area (Å²) in [6.07, 6.45) is 0.450. The number of thioether (sulfide) groups is 1. The van der Waals surface area contributed by atoms with Crippen molar-refractivity contribution in [2.24, 2.45) is 0 Å². The highest BCUT2D eigenvalue weighted by molar-refractivity contribution is 7.99. The monoisotopic (exact) mass is 345 g/mol. The number of methoxy groups -OCH3 is 2. The lowest BCUT2D eigenvalue weighted by Gasteiger charge is -2.10. The Morgan fingerprint density at radius 2 is 1.75 bits per heavy atom. The molecule has 0 unspecified atom stereocenters. The van der Waals surface area contributed by atoms with E-state index in [4.69, 9.17) is 9.47 Å². The van der Waals surface area contributed by atoms with Gasteiger partial charge in [0.1, 0.15) is 0 Å². The van der Waals surface area contributed by atoms with Crippen LogP contribution in [0, 0.1) is 13.8 Å². The van der Waals surface area contributed by atoms with Gasteiger partial charge in [0, 0.05) is 28.8 Å². The van der Waals surface area contributed by atoms with Crippen LogP contribution in [0.25, 0.3) is 0 Å². The van der Waals surface area contributed by atoms with Gasteiger partial charge in [-0.25, -0.2) is 0 Å². The average Bonchev–Trinajstić information content (AvgIpc) is 2.58. The van der Waals surface area contributed by atoms with Gasteiger partial charge in [-0.1, -0.05) is 6.07 Å². The molecule has 0 aliphatic rings. The first-order chi connectivity index (χ1) is 11.5. The molecule has 4 nitrogen and oxygen atoms in total. The highest BCUT2D eigenvalue weighted by Gasteiger charge is 2.08. The van der Waals surface area contributed by atoms with E-state index in [0.717, 1.165) is 5.75 Å². The Hall–Kier alpha value is -2.14. The SMILES string of the molecule is COc1ccc(NC(=O)CCSc2ccc(C)c(C)c2)cc1OC. The zero-order valence-electron chi connectivity index (χ0n) is 14.5. The van der Waals surface area contributed by atoms with E-state index in [2.05, 4.69) is 37.4 Å². The Bertz CT molecular complexity index is 716. The van der Waals surface area contributed by atoms with Crippen molar-refractivity contribution in [2.45, 2.75) is 25.2 Å². The lowest BCUT2D eigenvalue weighted by atomic mass is 10.1. The fraction of sp³-hybridized carbons (Fsp3) is 0.316. The molecule has 0 saturated carbocycles. The van der Waals surface area contributed by atoms with E-state index in [1.807, 2.05) is 0 Å². The van der Waals surface area contributed by atoms with Crippen molar-refractivity contribution in [1.29, 1.82) is 0 Å². The van der Waals surface area contributed by atoms with E-state index in [1.54, 1.807) is 44.2 Å². The molecular formula is C19H23NO3S. The molecule has 2 aromatic rings. The zero-order valence-corrected chi connectivity index (χ0v) is 15.3. The highest BCUT2D eigenvalue weighted by Crippen LogP contribution is 2.30. The second kappa shape index (κ2) is 8.64. The number of hydrogen-bond donors (Lipinski definition) is 1. The van der Waals surface area contributed by atoms with Crippen LogP contribution in [0.4, 0.5) is 5.69 Å². The molecule has 0 heterocycles. The normalized spacial score (nSPS) is 10.3. The Balaban J connectivity index is 1.86. The minimum Gasteiger partial charge on any atom is -0.493 e. The van der Waals surface area contributed by atoms with Crippen LogP contribution >= 0.6 is 11.8 Å². The molecule has 0 atom stereocenters. The number of rotatable bonds is 7. The van der Waals surface area contributed by atoms with Crippen molar-refractivity contribution in [3.8, 4) is 11.5 Å². The number of anilines is 1. The molecule has 0 fully saturated rings. The quantitative estimate of drug-likeness (QED) is 0.754. The third-order valence-electron chi connectivity index (χ3n) is 3.74. The first kappa shape index (κ1) is 18.2. The van der Waals surface area contributed by atoms with Crippen molar-refractivity contribution in [1.82, 2.24) is 0 Å². The van der Waals surface area contributed by atoms with E-state index < -0.39 is 0 Å². The number of carbonyl (C=O) groups excluding carboxylic acids is 1. The second-order valence-electron chi connectivity index (χ2n) is 5.46. The molecule has 128 valence electrons. The summed E-state index contributed by atoms with van der Waals surface area (Å²) in [5.41, 5.74) is 3.26. The molecule has 5 heteroatoms. The predicted molar refractivity (Wildman–Crippen MR) is 99.4 cm³/mol. The summed E-state index contributed by atoms with van der Waals surface area (Å²) in [5.74, 6) is 1.96. The molecule has 0 aromatic heterocycles. The Kier molecular flexibility index (Phi) is 6.55. The smallest absolute Gasteiger partial charge is 0.225 e. The molecule has 0 bridgehead atoms. The standard InChI is InChI=1S/C19H23NO3S/c1-13-5-7-16(11-14(13)2)24-10-9-19(21)20-15-6-8-17(22-3)18(12-15)23-4/h5-8,11-12H,9-10H2,1-4H3,(H,20,21). The van der Waals surface area contributed by atoms with Crippen molar-refractivity contribution < 1.29 is 14.3 Å². The maximum atomic E-state index is 12.1. The number of ether oxygens (including phenoxy) is 2. The van der Waals surface area contributed by atoms with Gasteiger partial charge in [-0.15, -0.1) is 11.8 Å². The van der Waals surface area contributed by atoms with Crippen molar-refractivity contribution in [2.75, 3.05) is 25.3 Å². The number of benzene rings is 2. The average molecular weight is 345 g/mol. The molecule has 1 N–H and O–H groups in total. The maximum Gasteiger partial charge on any atom is 0.225 e. The summed E-state index contributed by atoms with van der Waals surface area (Å²) in [4.78, 5) is 13.3. The van der Waals surface area contributed by atoms with Crippen LogP contribution in [-0.4, -0.2) is 25.9 Å². The maximum absolute atomic E-state index is 12.1. The summed E-state index contributed by atoms with van der Waals surface area (Å²) in [6, 6.07) is 11.7. The van der Waals surface area contributed by atoms with Crippen molar-refractivity contribution in [3.05, 3.63) is 47.5 Å². The third kappa shape index (κ3) is 4.93. The zero-order chi connectivity index (χ0) is 17.5. The van der Waals surface area contributed by atoms with Gasteiger partial charge in [-0.2, -0.15) is 0 Å². The second-order valence-corrected chi connectivity index (χ2v) is 6.63. The Labute approximate surface area is 147 Å². The van der Waals surface area contributed by atoms with E-state index in [9.17, 15) is 4.79 Å². The van der Waals surface area contributed by atoms with Gasteiger partial charge < -0.3 is 14.8 Å². The summed E-state index contributed by atoms with van der Waals surface area (Å²) >= 11 is 1.69. The number of amides is 1. The minimum absolute atomic E-state index is 0.0152. The van der Waals surface area contributed by atoms with Crippen LogP contribution in [0.15, 0.2) is 41.3 Å². The van der Waals surface area contributed by atoms with Crippen LogP contribution in [0.3, 0.4) is 0 Å². The van der Waals surface area contributed by atoms with E-state index in [1.165, 1.54) is 16.0 Å². The molecule has 2 rings (SSSR count). The van der Waals surface area contributed by atoms with Gasteiger partial charge in [0.15, 0.2) is 11.5 Å². The molecule has 24 heavy (non-hydrogen) atoms. The molecule has 0 aliphatic heterocycles. The fourth-order valence-electron chi connectivity index (χ4n) is 2.20. The molecule has 0 aliphatic carbocycles. The summed E-state index contributed by atoms with van der Waals surface area (Å²) in [5, 5.41) is 2.89. The van der Waals surface area contributed by atoms with Gasteiger partial charge in [-0.3, -0.25) is 4.79 Å². The lowest BCUT2D eigenvalue weighted by Crippen LogP contribution is -2.12. The highest BCUT2D eigenvalue weighted by atomic mass is 32.2. The topological polar surface area (TPSA) is 47.6 Å². The van der Waals surface area contributed by atoms with Crippen molar-refractivity contribution >= 4 is 23.4 Å². The molecule has 0 spiro atoms. The van der Waals surface area contributed by atoms with Crippen LogP contribution in [0.1, 0.15) is 17.5 Å². The van der Waals surface area contributed by atoms with E-state index >= 15 is 0 Å². The van der Waals surface area contributed by atoms with Crippen LogP contribution in [-0.2, 0) is 4.79 Å². The summed E-state index contributed by atoms with van der Waals surface area (Å²) in [7, 11) is 3.16. The van der Waals surface area contributed by atoms with Gasteiger partial charge >= 0.3 is 0 Å². The Morgan fingerprint density at radius 1 is 1.00 bits per heavy atom. The fourth-order valence-corrected chi connectivity index (χ4v) is 3.15. The van der Waals surface area contributed by atoms with Crippen LogP contribution in [0.5, 0.6) is 11.5 Å². The summed E-state index contributed by atoms with van der Waals surface area (Å²) in [6.45, 7) is 4.20. The lowest BCUT2D eigenvalue weighted by molar-refractivity contribution is -0.115. The van der Waals surface area contributed by atoms with E-state index in [-0.39, 0.29) is 5.91 Å². The van der Waals surface area contributed by atoms with Crippen LogP contribution < -0.4 is 14.8 Å². The molecule has 2 aromatic carbocycles. The molecule has 1 amide bonds.